The molecular weight excluding hydrogens is 348 g/mol. The van der Waals surface area contributed by atoms with Gasteiger partial charge in [0, 0.05) is 5.56 Å². The Bertz CT molecular complexity index is 1300. The number of nitrogens with one attached hydrogen (secondary N) is 1. The number of benzene rings is 3. The molecule has 0 radical (unpaired) electrons. The Labute approximate surface area is 161 Å². The minimum Gasteiger partial charge on any atom is -0.321 e. The van der Waals surface area contributed by atoms with E-state index in [4.69, 9.17) is 0 Å². The van der Waals surface area contributed by atoms with Crippen molar-refractivity contribution in [1.82, 2.24) is 14.5 Å². The first-order valence-corrected chi connectivity index (χ1v) is 8.97. The van der Waals surface area contributed by atoms with E-state index in [2.05, 4.69) is 15.3 Å². The Hall–Kier alpha value is -3.99. The molecular formula is C23H16N4O. The molecule has 1 amide bonds. The minimum atomic E-state index is -0.153. The number of hydrogen-bond acceptors (Lipinski definition) is 3. The number of para-hydroxylation sites is 2. The van der Waals surface area contributed by atoms with Crippen molar-refractivity contribution in [3.05, 3.63) is 97.0 Å². The zero-order chi connectivity index (χ0) is 18.9. The number of hydrogen-bond donors (Lipinski definition) is 1. The quantitative estimate of drug-likeness (QED) is 0.499. The summed E-state index contributed by atoms with van der Waals surface area (Å²) in [5.41, 5.74) is 3.19. The van der Waals surface area contributed by atoms with E-state index in [-0.39, 0.29) is 5.91 Å². The van der Waals surface area contributed by atoms with Crippen LogP contribution in [0, 0.1) is 0 Å². The fraction of sp³-hybridized carbons (Fsp3) is 0. The van der Waals surface area contributed by atoms with Gasteiger partial charge in [-0.1, -0.05) is 48.5 Å². The number of imidazole rings is 1. The van der Waals surface area contributed by atoms with E-state index in [1.165, 1.54) is 0 Å². The topological polar surface area (TPSA) is 59.8 Å². The van der Waals surface area contributed by atoms with Crippen LogP contribution in [0.3, 0.4) is 0 Å². The fourth-order valence-corrected chi connectivity index (χ4v) is 3.37. The summed E-state index contributed by atoms with van der Waals surface area (Å²) in [4.78, 5) is 21.6. The van der Waals surface area contributed by atoms with Crippen LogP contribution in [0.2, 0.25) is 0 Å². The smallest absolute Gasteiger partial charge is 0.256 e. The monoisotopic (exact) mass is 364 g/mol. The van der Waals surface area contributed by atoms with Crippen LogP contribution in [0.15, 0.2) is 91.4 Å². The highest BCUT2D eigenvalue weighted by Gasteiger charge is 2.11. The first-order valence-electron chi connectivity index (χ1n) is 8.97. The van der Waals surface area contributed by atoms with Gasteiger partial charge < -0.3 is 5.32 Å². The molecule has 0 bridgehead atoms. The number of rotatable bonds is 3. The molecule has 0 spiro atoms. The predicted molar refractivity (Wildman–Crippen MR) is 111 cm³/mol. The van der Waals surface area contributed by atoms with Crippen LogP contribution >= 0.6 is 0 Å². The van der Waals surface area contributed by atoms with E-state index in [0.29, 0.717) is 11.3 Å². The number of fused-ring (bicyclic) bond motifs is 2. The van der Waals surface area contributed by atoms with Crippen molar-refractivity contribution < 1.29 is 4.79 Å². The molecule has 0 atom stereocenters. The van der Waals surface area contributed by atoms with Gasteiger partial charge in [-0.25, -0.2) is 9.97 Å². The number of anilines is 1. The number of aromatic nitrogens is 3. The average molecular weight is 364 g/mol. The highest BCUT2D eigenvalue weighted by molar-refractivity contribution is 6.12. The molecule has 0 aliphatic rings. The Balaban J connectivity index is 1.42. The van der Waals surface area contributed by atoms with Gasteiger partial charge in [-0.3, -0.25) is 9.36 Å². The second-order valence-electron chi connectivity index (χ2n) is 6.49. The van der Waals surface area contributed by atoms with Gasteiger partial charge >= 0.3 is 0 Å². The molecule has 0 saturated carbocycles. The summed E-state index contributed by atoms with van der Waals surface area (Å²) in [6.07, 6.45) is 3.41. The third-order valence-electron chi connectivity index (χ3n) is 4.74. The number of amides is 1. The molecule has 5 rings (SSSR count). The van der Waals surface area contributed by atoms with E-state index < -0.39 is 0 Å². The van der Waals surface area contributed by atoms with Crippen molar-refractivity contribution in [1.29, 1.82) is 0 Å². The average Bonchev–Trinajstić information content (AvgIpc) is 3.18. The number of carbonyl (C=O) groups excluding carboxylic acids is 1. The number of carbonyl (C=O) groups is 1. The molecule has 0 unspecified atom stereocenters. The van der Waals surface area contributed by atoms with Crippen molar-refractivity contribution >= 4 is 33.4 Å². The first-order chi connectivity index (χ1) is 13.8. The molecule has 0 aliphatic carbocycles. The van der Waals surface area contributed by atoms with Crippen LogP contribution in [0.25, 0.3) is 27.6 Å². The molecule has 134 valence electrons. The van der Waals surface area contributed by atoms with Gasteiger partial charge in [-0.2, -0.15) is 0 Å². The van der Waals surface area contributed by atoms with E-state index in [0.717, 1.165) is 27.6 Å². The molecule has 5 heteroatoms. The van der Waals surface area contributed by atoms with Crippen LogP contribution in [0.1, 0.15) is 10.4 Å². The van der Waals surface area contributed by atoms with Crippen molar-refractivity contribution in [2.24, 2.45) is 0 Å². The van der Waals surface area contributed by atoms with Gasteiger partial charge in [0.1, 0.15) is 12.1 Å². The molecule has 1 N–H and O–H groups in total. The highest BCUT2D eigenvalue weighted by Crippen LogP contribution is 2.21. The maximum absolute atomic E-state index is 12.8. The van der Waals surface area contributed by atoms with Crippen molar-refractivity contribution in [3.63, 3.8) is 0 Å². The second kappa shape index (κ2) is 6.63. The summed E-state index contributed by atoms with van der Waals surface area (Å²) in [5, 5.41) is 4.90. The van der Waals surface area contributed by atoms with Crippen LogP contribution < -0.4 is 5.32 Å². The van der Waals surface area contributed by atoms with Crippen molar-refractivity contribution in [2.75, 3.05) is 5.32 Å². The summed E-state index contributed by atoms with van der Waals surface area (Å²) >= 11 is 0. The largest absolute Gasteiger partial charge is 0.321 e. The zero-order valence-electron chi connectivity index (χ0n) is 14.9. The van der Waals surface area contributed by atoms with Crippen molar-refractivity contribution in [2.45, 2.75) is 0 Å². The first kappa shape index (κ1) is 16.2. The molecule has 5 nitrogen and oxygen atoms in total. The lowest BCUT2D eigenvalue weighted by Crippen LogP contribution is -2.12. The lowest BCUT2D eigenvalue weighted by molar-refractivity contribution is 0.102. The van der Waals surface area contributed by atoms with Crippen molar-refractivity contribution in [3.8, 4) is 5.82 Å². The minimum absolute atomic E-state index is 0.153. The Morgan fingerprint density at radius 1 is 0.821 bits per heavy atom. The molecule has 0 fully saturated rings. The lowest BCUT2D eigenvalue weighted by atomic mass is 10.0. The molecule has 5 aromatic rings. The van der Waals surface area contributed by atoms with Gasteiger partial charge in [-0.15, -0.1) is 0 Å². The van der Waals surface area contributed by atoms with E-state index in [1.54, 1.807) is 12.5 Å². The van der Waals surface area contributed by atoms with Crippen LogP contribution in [0.4, 0.5) is 5.69 Å². The number of nitrogens with zero attached hydrogens (tertiary/aromatic N) is 3. The molecule has 2 heterocycles. The Morgan fingerprint density at radius 3 is 2.54 bits per heavy atom. The van der Waals surface area contributed by atoms with Gasteiger partial charge in [0.05, 0.1) is 22.9 Å². The van der Waals surface area contributed by atoms with Crippen LogP contribution in [-0.4, -0.2) is 20.4 Å². The van der Waals surface area contributed by atoms with Crippen LogP contribution in [-0.2, 0) is 0 Å². The van der Waals surface area contributed by atoms with Gasteiger partial charge in [0.2, 0.25) is 0 Å². The molecule has 0 aliphatic heterocycles. The third-order valence-corrected chi connectivity index (χ3v) is 4.74. The molecule has 0 saturated heterocycles. The predicted octanol–water partition coefficient (Wildman–Crippen LogP) is 4.83. The highest BCUT2D eigenvalue weighted by atomic mass is 16.1. The summed E-state index contributed by atoms with van der Waals surface area (Å²) in [5.74, 6) is 0.594. The third kappa shape index (κ3) is 2.79. The summed E-state index contributed by atoms with van der Waals surface area (Å²) in [6.45, 7) is 0. The maximum Gasteiger partial charge on any atom is 0.256 e. The van der Waals surface area contributed by atoms with E-state index in [1.807, 2.05) is 83.4 Å². The fourth-order valence-electron chi connectivity index (χ4n) is 3.37. The summed E-state index contributed by atoms with van der Waals surface area (Å²) in [6, 6.07) is 25.2. The van der Waals surface area contributed by atoms with Gasteiger partial charge in [0.15, 0.2) is 0 Å². The lowest BCUT2D eigenvalue weighted by Gasteiger charge is -2.09. The Kier molecular flexibility index (Phi) is 3.84. The van der Waals surface area contributed by atoms with Crippen LogP contribution in [0.5, 0.6) is 0 Å². The van der Waals surface area contributed by atoms with E-state index >= 15 is 0 Å². The van der Waals surface area contributed by atoms with E-state index in [9.17, 15) is 4.79 Å². The number of pyridine rings is 1. The summed E-state index contributed by atoms with van der Waals surface area (Å²) < 4.78 is 1.92. The maximum atomic E-state index is 12.8. The SMILES string of the molecule is O=C(Nc1ccc(-n2cnc3ccccc32)nc1)c1cccc2ccccc12. The Morgan fingerprint density at radius 2 is 1.64 bits per heavy atom. The second-order valence-corrected chi connectivity index (χ2v) is 6.49. The standard InChI is InChI=1S/C23H16N4O/c28-23(19-9-5-7-16-6-1-2-8-18(16)19)26-17-12-13-22(24-14-17)27-15-25-20-10-3-4-11-21(20)27/h1-15H,(H,26,28). The van der Waals surface area contributed by atoms with Gasteiger partial charge in [-0.05, 0) is 41.1 Å². The molecule has 3 aromatic carbocycles. The zero-order valence-corrected chi connectivity index (χ0v) is 14.9. The van der Waals surface area contributed by atoms with Gasteiger partial charge in [0.25, 0.3) is 5.91 Å². The molecule has 2 aromatic heterocycles. The normalized spacial score (nSPS) is 11.0. The summed E-state index contributed by atoms with van der Waals surface area (Å²) in [7, 11) is 0. The molecule has 28 heavy (non-hydrogen) atoms.